The lowest BCUT2D eigenvalue weighted by molar-refractivity contribution is 0.282. The first-order chi connectivity index (χ1) is 15.0. The van der Waals surface area contributed by atoms with Gasteiger partial charge >= 0.3 is 0 Å². The first kappa shape index (κ1) is 27.0. The van der Waals surface area contributed by atoms with Gasteiger partial charge < -0.3 is 14.8 Å². The van der Waals surface area contributed by atoms with E-state index in [0.717, 1.165) is 39.5 Å². The third-order valence-corrected chi connectivity index (χ3v) is 6.59. The number of aromatic nitrogens is 4. The maximum absolute atomic E-state index is 6.24. The molecule has 0 fully saturated rings. The maximum Gasteiger partial charge on any atom is 0.209 e. The van der Waals surface area contributed by atoms with Crippen molar-refractivity contribution in [3.05, 3.63) is 56.0 Å². The van der Waals surface area contributed by atoms with Gasteiger partial charge in [0.15, 0.2) is 11.5 Å². The van der Waals surface area contributed by atoms with Crippen LogP contribution in [0.3, 0.4) is 0 Å². The Morgan fingerprint density at radius 2 is 2.03 bits per heavy atom. The van der Waals surface area contributed by atoms with Gasteiger partial charge in [-0.15, -0.1) is 17.5 Å². The van der Waals surface area contributed by atoms with E-state index >= 15 is 0 Å². The Morgan fingerprint density at radius 1 is 1.22 bits per heavy atom. The quantitative estimate of drug-likeness (QED) is 0.234. The second-order valence-corrected chi connectivity index (χ2v) is 9.36. The lowest BCUT2D eigenvalue weighted by Crippen LogP contribution is -2.15. The molecule has 0 aliphatic rings. The summed E-state index contributed by atoms with van der Waals surface area (Å²) in [5, 5.41) is 16.8. The van der Waals surface area contributed by atoms with E-state index in [1.165, 1.54) is 0 Å². The zero-order valence-electron chi connectivity index (χ0n) is 17.5. The molecule has 0 radical (unpaired) electrons. The van der Waals surface area contributed by atoms with Gasteiger partial charge in [-0.1, -0.05) is 41.0 Å². The number of benzene rings is 2. The molecule has 0 aliphatic carbocycles. The van der Waals surface area contributed by atoms with E-state index in [2.05, 4.69) is 36.8 Å². The molecule has 0 unspecified atom stereocenters. The van der Waals surface area contributed by atoms with Gasteiger partial charge in [-0.05, 0) is 69.2 Å². The molecular weight excluding hydrogens is 561 g/mol. The first-order valence-electron chi connectivity index (χ1n) is 9.47. The van der Waals surface area contributed by atoms with Crippen LogP contribution in [-0.4, -0.2) is 39.6 Å². The van der Waals surface area contributed by atoms with Crippen molar-refractivity contribution in [2.45, 2.75) is 24.7 Å². The lowest BCUT2D eigenvalue weighted by Gasteiger charge is -2.15. The largest absolute Gasteiger partial charge is 0.493 e. The van der Waals surface area contributed by atoms with Gasteiger partial charge in [-0.25, -0.2) is 4.68 Å². The number of halogens is 4. The molecule has 0 saturated heterocycles. The maximum atomic E-state index is 6.24. The van der Waals surface area contributed by atoms with E-state index in [9.17, 15) is 0 Å². The Labute approximate surface area is 216 Å². The minimum Gasteiger partial charge on any atom is -0.493 e. The molecule has 3 rings (SSSR count). The minimum absolute atomic E-state index is 0. The number of methoxy groups -OCH3 is 1. The summed E-state index contributed by atoms with van der Waals surface area (Å²) in [5.74, 6) is 2.22. The van der Waals surface area contributed by atoms with Crippen LogP contribution in [0.2, 0.25) is 10.0 Å². The number of tetrazole rings is 1. The standard InChI is InChI=1S/C20H22BrCl2N5O2S.ClH/c1-28-20(25-26-27-28)31-7-3-6-24-11-13-8-16(21)19(18(9-13)29-2)30-12-14-4-5-15(22)10-17(14)23;/h4-5,8-10,24H,3,6-7,11-12H2,1-2H3;1H. The van der Waals surface area contributed by atoms with Gasteiger partial charge in [0.25, 0.3) is 0 Å². The topological polar surface area (TPSA) is 74.1 Å². The Hall–Kier alpha value is -1.23. The molecule has 1 N–H and O–H groups in total. The average molecular weight is 584 g/mol. The van der Waals surface area contributed by atoms with Crippen molar-refractivity contribution in [1.29, 1.82) is 0 Å². The second-order valence-electron chi connectivity index (χ2n) is 6.60. The normalized spacial score (nSPS) is 10.7. The van der Waals surface area contributed by atoms with Crippen LogP contribution in [0.4, 0.5) is 0 Å². The summed E-state index contributed by atoms with van der Waals surface area (Å²) in [7, 11) is 3.46. The lowest BCUT2D eigenvalue weighted by atomic mass is 10.2. The van der Waals surface area contributed by atoms with Crippen LogP contribution >= 0.6 is 63.3 Å². The molecule has 0 amide bonds. The fourth-order valence-corrected chi connectivity index (χ4v) is 4.60. The molecule has 0 spiro atoms. The smallest absolute Gasteiger partial charge is 0.209 e. The van der Waals surface area contributed by atoms with E-state index in [-0.39, 0.29) is 12.4 Å². The van der Waals surface area contributed by atoms with Crippen molar-refractivity contribution >= 4 is 63.3 Å². The molecule has 7 nitrogen and oxygen atoms in total. The summed E-state index contributed by atoms with van der Waals surface area (Å²) in [5.41, 5.74) is 1.94. The van der Waals surface area contributed by atoms with Gasteiger partial charge in [0, 0.05) is 35.0 Å². The first-order valence-corrected chi connectivity index (χ1v) is 12.0. The van der Waals surface area contributed by atoms with Gasteiger partial charge in [-0.2, -0.15) is 0 Å². The Balaban J connectivity index is 0.00000363. The van der Waals surface area contributed by atoms with Crippen LogP contribution in [0, 0.1) is 0 Å². The van der Waals surface area contributed by atoms with Gasteiger partial charge in [0.1, 0.15) is 6.61 Å². The summed E-state index contributed by atoms with van der Waals surface area (Å²) >= 11 is 17.4. The minimum atomic E-state index is 0. The van der Waals surface area contributed by atoms with E-state index in [0.29, 0.717) is 34.7 Å². The summed E-state index contributed by atoms with van der Waals surface area (Å²) in [6.07, 6.45) is 0.999. The zero-order chi connectivity index (χ0) is 22.2. The summed E-state index contributed by atoms with van der Waals surface area (Å²) in [6, 6.07) is 9.33. The highest BCUT2D eigenvalue weighted by Crippen LogP contribution is 2.37. The number of hydrogen-bond acceptors (Lipinski definition) is 7. The SMILES string of the molecule is COc1cc(CNCCCSc2nnnn2C)cc(Br)c1OCc1ccc(Cl)cc1Cl.Cl. The van der Waals surface area contributed by atoms with Crippen LogP contribution in [0.15, 0.2) is 40.0 Å². The molecule has 0 atom stereocenters. The van der Waals surface area contributed by atoms with E-state index in [4.69, 9.17) is 32.7 Å². The van der Waals surface area contributed by atoms with Crippen LogP contribution in [0.25, 0.3) is 0 Å². The Kier molecular flexibility index (Phi) is 11.4. The molecule has 0 bridgehead atoms. The van der Waals surface area contributed by atoms with Crippen LogP contribution in [0.1, 0.15) is 17.5 Å². The Morgan fingerprint density at radius 3 is 2.72 bits per heavy atom. The number of hydrogen-bond donors (Lipinski definition) is 1. The molecule has 3 aromatic rings. The third kappa shape index (κ3) is 7.67. The zero-order valence-corrected chi connectivity index (χ0v) is 22.2. The molecule has 174 valence electrons. The van der Waals surface area contributed by atoms with Crippen molar-refractivity contribution in [2.24, 2.45) is 7.05 Å². The molecular formula is C20H23BrCl3N5O2S. The summed E-state index contributed by atoms with van der Waals surface area (Å²) in [4.78, 5) is 0. The van der Waals surface area contributed by atoms with E-state index < -0.39 is 0 Å². The number of thioether (sulfide) groups is 1. The van der Waals surface area contributed by atoms with Gasteiger partial charge in [0.2, 0.25) is 5.16 Å². The van der Waals surface area contributed by atoms with Crippen molar-refractivity contribution < 1.29 is 9.47 Å². The molecule has 1 aromatic heterocycles. The van der Waals surface area contributed by atoms with Gasteiger partial charge in [0.05, 0.1) is 11.6 Å². The predicted octanol–water partition coefficient (Wildman–Crippen LogP) is 5.56. The fraction of sp³-hybridized carbons (Fsp3) is 0.350. The second kappa shape index (κ2) is 13.5. The highest BCUT2D eigenvalue weighted by atomic mass is 79.9. The van der Waals surface area contributed by atoms with E-state index in [1.54, 1.807) is 35.7 Å². The number of rotatable bonds is 11. The van der Waals surface area contributed by atoms with Crippen molar-refractivity contribution in [3.63, 3.8) is 0 Å². The third-order valence-electron chi connectivity index (χ3n) is 4.32. The molecule has 32 heavy (non-hydrogen) atoms. The molecule has 2 aromatic carbocycles. The van der Waals surface area contributed by atoms with Crippen molar-refractivity contribution in [1.82, 2.24) is 25.5 Å². The summed E-state index contributed by atoms with van der Waals surface area (Å²) < 4.78 is 14.0. The predicted molar refractivity (Wildman–Crippen MR) is 135 cm³/mol. The molecule has 1 heterocycles. The van der Waals surface area contributed by atoms with Crippen LogP contribution in [-0.2, 0) is 20.2 Å². The molecule has 0 saturated carbocycles. The average Bonchev–Trinajstić information content (AvgIpc) is 3.15. The summed E-state index contributed by atoms with van der Waals surface area (Å²) in [6.45, 7) is 1.90. The van der Waals surface area contributed by atoms with Gasteiger partial charge in [-0.3, -0.25) is 0 Å². The monoisotopic (exact) mass is 581 g/mol. The van der Waals surface area contributed by atoms with E-state index in [1.807, 2.05) is 25.2 Å². The highest BCUT2D eigenvalue weighted by Gasteiger charge is 2.13. The molecule has 12 heteroatoms. The number of nitrogens with one attached hydrogen (secondary N) is 1. The number of aryl methyl sites for hydroxylation is 1. The van der Waals surface area contributed by atoms with Crippen LogP contribution in [0.5, 0.6) is 11.5 Å². The fourth-order valence-electron chi connectivity index (χ4n) is 2.74. The number of ether oxygens (including phenoxy) is 2. The Bertz CT molecular complexity index is 1020. The highest BCUT2D eigenvalue weighted by molar-refractivity contribution is 9.10. The van der Waals surface area contributed by atoms with Crippen molar-refractivity contribution in [2.75, 3.05) is 19.4 Å². The number of nitrogens with zero attached hydrogens (tertiary/aromatic N) is 4. The van der Waals surface area contributed by atoms with Crippen molar-refractivity contribution in [3.8, 4) is 11.5 Å². The van der Waals surface area contributed by atoms with Crippen LogP contribution < -0.4 is 14.8 Å². The molecule has 0 aliphatic heterocycles.